The minimum Gasteiger partial charge on any atom is -0.390 e. The average molecular weight is 465 g/mol. The molecule has 0 fully saturated rings. The van der Waals surface area contributed by atoms with E-state index in [2.05, 4.69) is 15.0 Å². The van der Waals surface area contributed by atoms with Crippen LogP contribution in [-0.4, -0.2) is 38.0 Å². The highest BCUT2D eigenvalue weighted by Crippen LogP contribution is 2.43. The third kappa shape index (κ3) is 3.61. The maximum absolute atomic E-state index is 14.2. The largest absolute Gasteiger partial charge is 0.417 e. The predicted octanol–water partition coefficient (Wildman–Crippen LogP) is 4.91. The zero-order chi connectivity index (χ0) is 24.0. The topological polar surface area (TPSA) is 82.5 Å². The Bertz CT molecular complexity index is 1410. The number of pyridine rings is 3. The number of hydrogen-bond acceptors (Lipinski definition) is 5. The summed E-state index contributed by atoms with van der Waals surface area (Å²) < 4.78 is 42.5. The molecule has 1 N–H and O–H groups in total. The van der Waals surface area contributed by atoms with Crippen LogP contribution in [0.2, 0.25) is 0 Å². The molecule has 0 unspecified atom stereocenters. The quantitative estimate of drug-likeness (QED) is 0.465. The number of aromatic nitrogens is 3. The number of aliphatic hydroxyl groups is 1. The minimum absolute atomic E-state index is 0.0620. The zero-order valence-corrected chi connectivity index (χ0v) is 17.9. The molecule has 4 heterocycles. The van der Waals surface area contributed by atoms with Gasteiger partial charge >= 0.3 is 12.2 Å². The number of fused-ring (bicyclic) bond motifs is 3. The minimum atomic E-state index is -4.69. The number of nitrogens with zero attached hydrogens (tertiary/aromatic N) is 5. The molecule has 7 nitrogen and oxygen atoms in total. The summed E-state index contributed by atoms with van der Waals surface area (Å²) in [5.41, 5.74) is 1.73. The summed E-state index contributed by atoms with van der Waals surface area (Å²) in [4.78, 5) is 28.6. The SMILES string of the molecule is CN1Cc2cnc3cccnc3c2N(c2ccc(-c3ccc(CO)nc3)c(C(F)(F)F)c2)C1=O. The molecule has 172 valence electrons. The van der Waals surface area contributed by atoms with E-state index in [9.17, 15) is 23.1 Å². The number of benzene rings is 1. The fourth-order valence-electron chi connectivity index (χ4n) is 4.07. The Morgan fingerprint density at radius 3 is 2.59 bits per heavy atom. The van der Waals surface area contributed by atoms with Crippen LogP contribution in [-0.2, 0) is 19.3 Å². The highest BCUT2D eigenvalue weighted by Gasteiger charge is 2.37. The molecular weight excluding hydrogens is 447 g/mol. The van der Waals surface area contributed by atoms with E-state index in [0.717, 1.165) is 6.07 Å². The van der Waals surface area contributed by atoms with Crippen molar-refractivity contribution in [1.82, 2.24) is 19.9 Å². The van der Waals surface area contributed by atoms with Gasteiger partial charge < -0.3 is 10.0 Å². The molecule has 10 heteroatoms. The van der Waals surface area contributed by atoms with Crippen molar-refractivity contribution in [3.8, 4) is 11.1 Å². The molecule has 5 rings (SSSR count). The molecule has 0 radical (unpaired) electrons. The number of urea groups is 1. The second kappa shape index (κ2) is 8.07. The summed E-state index contributed by atoms with van der Waals surface area (Å²) >= 11 is 0. The van der Waals surface area contributed by atoms with Crippen molar-refractivity contribution >= 4 is 28.4 Å². The Morgan fingerprint density at radius 1 is 1.06 bits per heavy atom. The van der Waals surface area contributed by atoms with Crippen molar-refractivity contribution < 1.29 is 23.1 Å². The first-order valence-corrected chi connectivity index (χ1v) is 10.3. The van der Waals surface area contributed by atoms with E-state index in [4.69, 9.17) is 0 Å². The van der Waals surface area contributed by atoms with Crippen LogP contribution in [0.1, 0.15) is 16.8 Å². The first-order chi connectivity index (χ1) is 16.3. The number of anilines is 2. The van der Waals surface area contributed by atoms with Crippen molar-refractivity contribution in [3.63, 3.8) is 0 Å². The van der Waals surface area contributed by atoms with Crippen LogP contribution in [0.3, 0.4) is 0 Å². The molecule has 0 spiro atoms. The summed E-state index contributed by atoms with van der Waals surface area (Å²) in [6.07, 6.45) is -0.234. The van der Waals surface area contributed by atoms with Crippen LogP contribution < -0.4 is 4.90 Å². The van der Waals surface area contributed by atoms with Gasteiger partial charge in [-0.15, -0.1) is 0 Å². The Morgan fingerprint density at radius 2 is 1.88 bits per heavy atom. The standard InChI is InChI=1S/C24H18F3N5O2/c1-31-12-15-11-30-20-3-2-8-28-21(20)22(15)32(23(31)34)17-6-7-18(19(9-17)24(25,26)27)14-4-5-16(13-33)29-10-14/h2-11,33H,12-13H2,1H3. The van der Waals surface area contributed by atoms with Crippen LogP contribution in [0.25, 0.3) is 22.2 Å². The van der Waals surface area contributed by atoms with Crippen LogP contribution >= 0.6 is 0 Å². The lowest BCUT2D eigenvalue weighted by Crippen LogP contribution is -2.42. The monoisotopic (exact) mass is 465 g/mol. The molecule has 1 aliphatic rings. The Hall–Kier alpha value is -4.05. The summed E-state index contributed by atoms with van der Waals surface area (Å²) in [7, 11) is 1.58. The molecule has 0 atom stereocenters. The van der Waals surface area contributed by atoms with Gasteiger partial charge in [-0.2, -0.15) is 13.2 Å². The van der Waals surface area contributed by atoms with Crippen molar-refractivity contribution in [2.75, 3.05) is 11.9 Å². The van der Waals surface area contributed by atoms with Gasteiger partial charge in [-0.05, 0) is 35.9 Å². The third-order valence-electron chi connectivity index (χ3n) is 5.69. The normalized spacial score (nSPS) is 14.0. The molecule has 0 saturated carbocycles. The van der Waals surface area contributed by atoms with Crippen LogP contribution in [0.15, 0.2) is 61.1 Å². The second-order valence-corrected chi connectivity index (χ2v) is 7.90. The first kappa shape index (κ1) is 21.8. The molecule has 0 saturated heterocycles. The van der Waals surface area contributed by atoms with E-state index in [1.165, 1.54) is 40.3 Å². The smallest absolute Gasteiger partial charge is 0.390 e. The van der Waals surface area contributed by atoms with Crippen molar-refractivity contribution in [2.45, 2.75) is 19.3 Å². The average Bonchev–Trinajstić information content (AvgIpc) is 2.84. The summed E-state index contributed by atoms with van der Waals surface area (Å²) in [5.74, 6) is 0. The van der Waals surface area contributed by atoms with Gasteiger partial charge in [0, 0.05) is 36.8 Å². The van der Waals surface area contributed by atoms with E-state index in [-0.39, 0.29) is 30.0 Å². The van der Waals surface area contributed by atoms with Crippen molar-refractivity contribution in [1.29, 1.82) is 0 Å². The van der Waals surface area contributed by atoms with Crippen molar-refractivity contribution in [2.24, 2.45) is 0 Å². The number of hydrogen-bond donors (Lipinski definition) is 1. The third-order valence-corrected chi connectivity index (χ3v) is 5.69. The summed E-state index contributed by atoms with van der Waals surface area (Å²) in [5, 5.41) is 9.17. The van der Waals surface area contributed by atoms with E-state index < -0.39 is 17.8 Å². The van der Waals surface area contributed by atoms with E-state index in [0.29, 0.717) is 28.0 Å². The maximum atomic E-state index is 14.2. The van der Waals surface area contributed by atoms with Gasteiger partial charge in [-0.1, -0.05) is 12.1 Å². The summed E-state index contributed by atoms with van der Waals surface area (Å²) in [6, 6.07) is 9.67. The van der Waals surface area contributed by atoms with E-state index in [1.54, 1.807) is 31.6 Å². The molecule has 0 bridgehead atoms. The molecule has 2 amide bonds. The van der Waals surface area contributed by atoms with E-state index >= 15 is 0 Å². The lowest BCUT2D eigenvalue weighted by molar-refractivity contribution is -0.137. The Labute approximate surface area is 192 Å². The number of halogens is 3. The van der Waals surface area contributed by atoms with Gasteiger partial charge in [0.25, 0.3) is 0 Å². The number of rotatable bonds is 3. The summed E-state index contributed by atoms with van der Waals surface area (Å²) in [6.45, 7) is -0.0521. The van der Waals surface area contributed by atoms with Crippen LogP contribution in [0.5, 0.6) is 0 Å². The number of amides is 2. The van der Waals surface area contributed by atoms with Gasteiger partial charge in [0.1, 0.15) is 5.52 Å². The van der Waals surface area contributed by atoms with Gasteiger partial charge in [0.2, 0.25) is 0 Å². The van der Waals surface area contributed by atoms with Crippen LogP contribution in [0.4, 0.5) is 29.3 Å². The number of alkyl halides is 3. The Balaban J connectivity index is 1.71. The second-order valence-electron chi connectivity index (χ2n) is 7.90. The van der Waals surface area contributed by atoms with Crippen molar-refractivity contribution in [3.05, 3.63) is 77.9 Å². The molecule has 1 aromatic carbocycles. The van der Waals surface area contributed by atoms with Crippen LogP contribution in [0, 0.1) is 0 Å². The molecule has 1 aliphatic heterocycles. The zero-order valence-electron chi connectivity index (χ0n) is 17.9. The lowest BCUT2D eigenvalue weighted by atomic mass is 9.98. The molecule has 34 heavy (non-hydrogen) atoms. The molecule has 3 aromatic heterocycles. The highest BCUT2D eigenvalue weighted by molar-refractivity contribution is 6.08. The number of carbonyl (C=O) groups excluding carboxylic acids is 1. The van der Waals surface area contributed by atoms with E-state index in [1.807, 2.05) is 0 Å². The Kier molecular flexibility index (Phi) is 5.17. The van der Waals surface area contributed by atoms with Gasteiger partial charge in [-0.25, -0.2) is 4.79 Å². The predicted molar refractivity (Wildman–Crippen MR) is 119 cm³/mol. The fourth-order valence-corrected chi connectivity index (χ4v) is 4.07. The number of carbonyl (C=O) groups is 1. The lowest BCUT2D eigenvalue weighted by Gasteiger charge is -2.35. The highest BCUT2D eigenvalue weighted by atomic mass is 19.4. The first-order valence-electron chi connectivity index (χ1n) is 10.3. The van der Waals surface area contributed by atoms with Gasteiger partial charge in [0.05, 0.1) is 41.3 Å². The molecule has 4 aromatic rings. The molecule has 0 aliphatic carbocycles. The van der Waals surface area contributed by atoms with Gasteiger partial charge in [-0.3, -0.25) is 19.9 Å². The maximum Gasteiger partial charge on any atom is 0.417 e. The molecular formula is C24H18F3N5O2. The fraction of sp³-hybridized carbons (Fsp3) is 0.167. The van der Waals surface area contributed by atoms with Gasteiger partial charge in [0.15, 0.2) is 0 Å². The number of aliphatic hydroxyl groups excluding tert-OH is 1.